The van der Waals surface area contributed by atoms with E-state index in [9.17, 15) is 8.78 Å². The molecular weight excluding hydrogens is 334 g/mol. The first-order chi connectivity index (χ1) is 9.00. The molecule has 0 aliphatic carbocycles. The summed E-state index contributed by atoms with van der Waals surface area (Å²) in [7, 11) is 0. The third-order valence-corrected chi connectivity index (χ3v) is 4.32. The van der Waals surface area contributed by atoms with Gasteiger partial charge in [-0.05, 0) is 33.6 Å². The minimum atomic E-state index is -0.620. The lowest BCUT2D eigenvalue weighted by molar-refractivity contribution is 0.567. The van der Waals surface area contributed by atoms with Gasteiger partial charge in [0, 0.05) is 11.5 Å². The van der Waals surface area contributed by atoms with E-state index in [0.29, 0.717) is 0 Å². The van der Waals surface area contributed by atoms with Gasteiger partial charge in [0.25, 0.3) is 0 Å². The minimum absolute atomic E-state index is 0.102. The first-order valence-corrected chi connectivity index (χ1v) is 7.07. The van der Waals surface area contributed by atoms with Crippen LogP contribution in [0.5, 0.6) is 0 Å². The van der Waals surface area contributed by atoms with Gasteiger partial charge >= 0.3 is 0 Å². The lowest BCUT2D eigenvalue weighted by Gasteiger charge is -2.19. The fourth-order valence-corrected chi connectivity index (χ4v) is 2.57. The van der Waals surface area contributed by atoms with Crippen LogP contribution >= 0.6 is 27.5 Å². The molecule has 0 fully saturated rings. The number of alkyl halides is 1. The van der Waals surface area contributed by atoms with E-state index in [0.717, 1.165) is 17.7 Å². The summed E-state index contributed by atoms with van der Waals surface area (Å²) in [4.78, 5) is 0. The molecule has 0 aliphatic rings. The molecule has 0 nitrogen and oxygen atoms in total. The summed E-state index contributed by atoms with van der Waals surface area (Å²) >= 11 is 9.25. The molecule has 0 aliphatic heterocycles. The van der Waals surface area contributed by atoms with Gasteiger partial charge < -0.3 is 0 Å². The SMILES string of the molecule is CC(c1ccccc1)C(Cl)c1cc(F)c(Br)cc1F. The highest BCUT2D eigenvalue weighted by Gasteiger charge is 2.22. The van der Waals surface area contributed by atoms with Gasteiger partial charge in [-0.15, -0.1) is 11.6 Å². The highest BCUT2D eigenvalue weighted by molar-refractivity contribution is 9.10. The van der Waals surface area contributed by atoms with Crippen LogP contribution in [0.4, 0.5) is 8.78 Å². The summed E-state index contributed by atoms with van der Waals surface area (Å²) < 4.78 is 27.5. The minimum Gasteiger partial charge on any atom is -0.207 e. The lowest BCUT2D eigenvalue weighted by Crippen LogP contribution is -2.05. The molecule has 19 heavy (non-hydrogen) atoms. The zero-order valence-electron chi connectivity index (χ0n) is 10.2. The Bertz CT molecular complexity index is 572. The Morgan fingerprint density at radius 1 is 1.05 bits per heavy atom. The second kappa shape index (κ2) is 6.02. The molecule has 0 heterocycles. The summed E-state index contributed by atoms with van der Waals surface area (Å²) in [5.74, 6) is -1.13. The molecule has 0 saturated heterocycles. The van der Waals surface area contributed by atoms with E-state index in [1.165, 1.54) is 0 Å². The smallest absolute Gasteiger partial charge is 0.137 e. The second-order valence-electron chi connectivity index (χ2n) is 4.39. The number of benzene rings is 2. The Labute approximate surface area is 124 Å². The third-order valence-electron chi connectivity index (χ3n) is 3.10. The van der Waals surface area contributed by atoms with E-state index < -0.39 is 17.0 Å². The van der Waals surface area contributed by atoms with E-state index in [1.807, 2.05) is 37.3 Å². The first-order valence-electron chi connectivity index (χ1n) is 5.84. The Hall–Kier alpha value is -0.930. The van der Waals surface area contributed by atoms with Gasteiger partial charge in [0.05, 0.1) is 9.85 Å². The molecule has 0 bridgehead atoms. The van der Waals surface area contributed by atoms with Crippen LogP contribution < -0.4 is 0 Å². The molecule has 0 aromatic heterocycles. The maximum atomic E-state index is 13.9. The van der Waals surface area contributed by atoms with Crippen molar-refractivity contribution in [3.63, 3.8) is 0 Å². The highest BCUT2D eigenvalue weighted by Crippen LogP contribution is 2.38. The zero-order valence-corrected chi connectivity index (χ0v) is 12.5. The largest absolute Gasteiger partial charge is 0.207 e. The maximum Gasteiger partial charge on any atom is 0.137 e. The molecule has 0 radical (unpaired) electrons. The molecule has 2 aromatic carbocycles. The fourth-order valence-electron chi connectivity index (χ4n) is 1.94. The lowest BCUT2D eigenvalue weighted by atomic mass is 9.93. The van der Waals surface area contributed by atoms with Crippen molar-refractivity contribution in [2.45, 2.75) is 18.2 Å². The van der Waals surface area contributed by atoms with Crippen LogP contribution in [0.3, 0.4) is 0 Å². The van der Waals surface area contributed by atoms with Gasteiger partial charge in [-0.1, -0.05) is 37.3 Å². The topological polar surface area (TPSA) is 0 Å². The summed E-state index contributed by atoms with van der Waals surface area (Å²) in [5.41, 5.74) is 1.17. The van der Waals surface area contributed by atoms with Crippen molar-refractivity contribution in [2.75, 3.05) is 0 Å². The molecular formula is C15H12BrClF2. The Kier molecular flexibility index (Phi) is 4.58. The molecule has 2 rings (SSSR count). The van der Waals surface area contributed by atoms with E-state index in [-0.39, 0.29) is 16.0 Å². The molecule has 100 valence electrons. The van der Waals surface area contributed by atoms with Crippen molar-refractivity contribution in [1.82, 2.24) is 0 Å². The Morgan fingerprint density at radius 3 is 2.32 bits per heavy atom. The monoisotopic (exact) mass is 344 g/mol. The first kappa shape index (κ1) is 14.5. The number of rotatable bonds is 3. The van der Waals surface area contributed by atoms with Gasteiger partial charge in [-0.3, -0.25) is 0 Å². The molecule has 2 unspecified atom stereocenters. The fraction of sp³-hybridized carbons (Fsp3) is 0.200. The highest BCUT2D eigenvalue weighted by atomic mass is 79.9. The Morgan fingerprint density at radius 2 is 1.68 bits per heavy atom. The van der Waals surface area contributed by atoms with Crippen LogP contribution in [0.2, 0.25) is 0 Å². The number of hydrogen-bond acceptors (Lipinski definition) is 0. The summed E-state index contributed by atoms with van der Waals surface area (Å²) in [6.07, 6.45) is 0. The average Bonchev–Trinajstić information content (AvgIpc) is 2.42. The van der Waals surface area contributed by atoms with Crippen molar-refractivity contribution in [3.8, 4) is 0 Å². The molecule has 0 saturated carbocycles. The normalized spacial score (nSPS) is 14.2. The average molecular weight is 346 g/mol. The van der Waals surface area contributed by atoms with Crippen molar-refractivity contribution < 1.29 is 8.78 Å². The number of hydrogen-bond donors (Lipinski definition) is 0. The molecule has 2 aromatic rings. The molecule has 0 N–H and O–H groups in total. The van der Waals surface area contributed by atoms with Crippen LogP contribution in [0.1, 0.15) is 29.3 Å². The van der Waals surface area contributed by atoms with E-state index >= 15 is 0 Å². The summed E-state index contributed by atoms with van der Waals surface area (Å²) in [6.45, 7) is 1.90. The third kappa shape index (κ3) is 3.15. The molecule has 4 heteroatoms. The predicted molar refractivity (Wildman–Crippen MR) is 77.5 cm³/mol. The van der Waals surface area contributed by atoms with Gasteiger partial charge in [-0.25, -0.2) is 8.78 Å². The zero-order chi connectivity index (χ0) is 14.0. The number of halogens is 4. The van der Waals surface area contributed by atoms with Crippen molar-refractivity contribution in [1.29, 1.82) is 0 Å². The van der Waals surface area contributed by atoms with E-state index in [1.54, 1.807) is 0 Å². The summed E-state index contributed by atoms with van der Waals surface area (Å²) in [5, 5.41) is -0.620. The van der Waals surface area contributed by atoms with Crippen molar-refractivity contribution in [3.05, 3.63) is 69.7 Å². The van der Waals surface area contributed by atoms with Crippen LogP contribution in [0.15, 0.2) is 46.9 Å². The Balaban J connectivity index is 2.34. The summed E-state index contributed by atoms with van der Waals surface area (Å²) in [6, 6.07) is 11.8. The molecule has 0 amide bonds. The van der Waals surface area contributed by atoms with E-state index in [4.69, 9.17) is 11.6 Å². The van der Waals surface area contributed by atoms with Crippen LogP contribution in [-0.4, -0.2) is 0 Å². The van der Waals surface area contributed by atoms with Crippen molar-refractivity contribution in [2.24, 2.45) is 0 Å². The van der Waals surface area contributed by atoms with E-state index in [2.05, 4.69) is 15.9 Å². The van der Waals surface area contributed by atoms with Crippen LogP contribution in [0, 0.1) is 11.6 Å². The predicted octanol–water partition coefficient (Wildman–Crippen LogP) is 5.81. The maximum absolute atomic E-state index is 13.9. The van der Waals surface area contributed by atoms with Gasteiger partial charge in [0.2, 0.25) is 0 Å². The van der Waals surface area contributed by atoms with Crippen LogP contribution in [-0.2, 0) is 0 Å². The second-order valence-corrected chi connectivity index (χ2v) is 5.71. The quantitative estimate of drug-likeness (QED) is 0.486. The van der Waals surface area contributed by atoms with Gasteiger partial charge in [0.1, 0.15) is 11.6 Å². The standard InChI is InChI=1S/C15H12BrClF2/c1-9(10-5-3-2-4-6-10)15(17)11-7-14(19)12(16)8-13(11)18/h2-9,15H,1H3. The molecule has 0 spiro atoms. The van der Waals surface area contributed by atoms with Gasteiger partial charge in [-0.2, -0.15) is 0 Å². The van der Waals surface area contributed by atoms with Crippen molar-refractivity contribution >= 4 is 27.5 Å². The van der Waals surface area contributed by atoms with Gasteiger partial charge in [0.15, 0.2) is 0 Å². The van der Waals surface area contributed by atoms with Crippen LogP contribution in [0.25, 0.3) is 0 Å². The molecule has 2 atom stereocenters.